The van der Waals surface area contributed by atoms with Gasteiger partial charge in [-0.25, -0.2) is 0 Å². The van der Waals surface area contributed by atoms with Gasteiger partial charge in [-0.2, -0.15) is 11.3 Å². The number of hydrogen-bond donors (Lipinski definition) is 1. The molecular formula is C16H25N3OS. The maximum absolute atomic E-state index is 12.7. The van der Waals surface area contributed by atoms with Crippen molar-refractivity contribution in [2.75, 3.05) is 20.1 Å². The van der Waals surface area contributed by atoms with Gasteiger partial charge in [0.15, 0.2) is 0 Å². The minimum absolute atomic E-state index is 0.00777. The van der Waals surface area contributed by atoms with Crippen LogP contribution >= 0.6 is 11.3 Å². The lowest BCUT2D eigenvalue weighted by Crippen LogP contribution is -2.41. The van der Waals surface area contributed by atoms with Crippen LogP contribution in [0.5, 0.6) is 0 Å². The largest absolute Gasteiger partial charge is 0.320 e. The van der Waals surface area contributed by atoms with E-state index in [9.17, 15) is 4.79 Å². The van der Waals surface area contributed by atoms with Gasteiger partial charge in [0.1, 0.15) is 6.17 Å². The van der Waals surface area contributed by atoms with E-state index < -0.39 is 0 Å². The van der Waals surface area contributed by atoms with Crippen molar-refractivity contribution < 1.29 is 4.79 Å². The van der Waals surface area contributed by atoms with Crippen molar-refractivity contribution in [3.63, 3.8) is 0 Å². The first kappa shape index (κ1) is 15.0. The normalized spacial score (nSPS) is 30.5. The van der Waals surface area contributed by atoms with Gasteiger partial charge in [0.05, 0.1) is 6.04 Å². The lowest BCUT2D eigenvalue weighted by Gasteiger charge is -2.29. The molecule has 0 aliphatic carbocycles. The number of likely N-dealkylation sites (tertiary alicyclic amines) is 1. The second kappa shape index (κ2) is 6.46. The third kappa shape index (κ3) is 3.00. The van der Waals surface area contributed by atoms with E-state index in [-0.39, 0.29) is 18.1 Å². The molecule has 1 aromatic rings. The van der Waals surface area contributed by atoms with E-state index in [0.29, 0.717) is 6.04 Å². The number of thiophene rings is 1. The van der Waals surface area contributed by atoms with Gasteiger partial charge in [0.25, 0.3) is 0 Å². The molecular weight excluding hydrogens is 282 g/mol. The van der Waals surface area contributed by atoms with E-state index in [2.05, 4.69) is 45.9 Å². The van der Waals surface area contributed by atoms with E-state index in [4.69, 9.17) is 0 Å². The average molecular weight is 307 g/mol. The molecule has 3 heterocycles. The number of nitrogens with one attached hydrogen (secondary N) is 1. The second-order valence-electron chi connectivity index (χ2n) is 6.23. The predicted octanol–water partition coefficient (Wildman–Crippen LogP) is 2.44. The van der Waals surface area contributed by atoms with Crippen molar-refractivity contribution in [1.82, 2.24) is 15.1 Å². The first-order chi connectivity index (χ1) is 10.2. The zero-order valence-corrected chi connectivity index (χ0v) is 13.7. The van der Waals surface area contributed by atoms with Gasteiger partial charge < -0.3 is 9.80 Å². The summed E-state index contributed by atoms with van der Waals surface area (Å²) < 4.78 is 0. The Labute approximate surface area is 131 Å². The zero-order chi connectivity index (χ0) is 14.8. The van der Waals surface area contributed by atoms with E-state index >= 15 is 0 Å². The quantitative estimate of drug-likeness (QED) is 0.907. The molecule has 0 saturated carbocycles. The van der Waals surface area contributed by atoms with Gasteiger partial charge >= 0.3 is 0 Å². The predicted molar refractivity (Wildman–Crippen MR) is 86.3 cm³/mol. The number of carbonyl (C=O) groups is 1. The molecule has 1 amide bonds. The molecule has 116 valence electrons. The van der Waals surface area contributed by atoms with Crippen LogP contribution in [-0.2, 0) is 4.79 Å². The van der Waals surface area contributed by atoms with Crippen LogP contribution in [0.4, 0.5) is 0 Å². The highest BCUT2D eigenvalue weighted by atomic mass is 32.1. The van der Waals surface area contributed by atoms with Crippen molar-refractivity contribution in [2.45, 2.75) is 50.9 Å². The summed E-state index contributed by atoms with van der Waals surface area (Å²) in [5.41, 5.74) is 1.23. The first-order valence-electron chi connectivity index (χ1n) is 7.99. The second-order valence-corrected chi connectivity index (χ2v) is 7.01. The fourth-order valence-electron chi connectivity index (χ4n) is 3.51. The Balaban J connectivity index is 1.77. The number of amides is 1. The maximum Gasteiger partial charge on any atom is 0.241 e. The SMILES string of the molecule is CCCC1NC(c2ccsc2)N(CC2CCCN2C)C1=O. The van der Waals surface area contributed by atoms with Crippen LogP contribution in [0.2, 0.25) is 0 Å². The Hall–Kier alpha value is -0.910. The van der Waals surface area contributed by atoms with Gasteiger partial charge in [-0.1, -0.05) is 13.3 Å². The molecule has 21 heavy (non-hydrogen) atoms. The smallest absolute Gasteiger partial charge is 0.241 e. The van der Waals surface area contributed by atoms with Gasteiger partial charge in [-0.15, -0.1) is 0 Å². The van der Waals surface area contributed by atoms with Gasteiger partial charge in [0, 0.05) is 12.6 Å². The molecule has 2 saturated heterocycles. The summed E-state index contributed by atoms with van der Waals surface area (Å²) in [6.07, 6.45) is 4.48. The zero-order valence-electron chi connectivity index (χ0n) is 12.9. The minimum Gasteiger partial charge on any atom is -0.320 e. The van der Waals surface area contributed by atoms with Gasteiger partial charge in [-0.3, -0.25) is 10.1 Å². The first-order valence-corrected chi connectivity index (χ1v) is 8.94. The van der Waals surface area contributed by atoms with Crippen molar-refractivity contribution in [3.05, 3.63) is 22.4 Å². The van der Waals surface area contributed by atoms with Crippen molar-refractivity contribution in [3.8, 4) is 0 Å². The van der Waals surface area contributed by atoms with Gasteiger partial charge in [0.2, 0.25) is 5.91 Å². The number of likely N-dealkylation sites (N-methyl/N-ethyl adjacent to an activating group) is 1. The molecule has 0 aromatic carbocycles. The summed E-state index contributed by atoms with van der Waals surface area (Å²) in [5, 5.41) is 7.80. The number of rotatable bonds is 5. The van der Waals surface area contributed by atoms with Crippen LogP contribution in [0.1, 0.15) is 44.3 Å². The Morgan fingerprint density at radius 1 is 1.48 bits per heavy atom. The van der Waals surface area contributed by atoms with Gasteiger partial charge in [-0.05, 0) is 55.2 Å². The molecule has 0 spiro atoms. The molecule has 0 radical (unpaired) electrons. The molecule has 3 unspecified atom stereocenters. The summed E-state index contributed by atoms with van der Waals surface area (Å²) in [6.45, 7) is 4.15. The van der Waals surface area contributed by atoms with Crippen LogP contribution in [0.25, 0.3) is 0 Å². The molecule has 3 atom stereocenters. The molecule has 4 nitrogen and oxygen atoms in total. The Morgan fingerprint density at radius 3 is 2.95 bits per heavy atom. The lowest BCUT2D eigenvalue weighted by atomic mass is 10.1. The highest BCUT2D eigenvalue weighted by Gasteiger charge is 2.40. The van der Waals surface area contributed by atoms with E-state index in [1.807, 2.05) is 0 Å². The molecule has 2 fully saturated rings. The summed E-state index contributed by atoms with van der Waals surface area (Å²) in [4.78, 5) is 17.2. The van der Waals surface area contributed by atoms with Crippen molar-refractivity contribution in [1.29, 1.82) is 0 Å². The Morgan fingerprint density at radius 2 is 2.33 bits per heavy atom. The number of hydrogen-bond acceptors (Lipinski definition) is 4. The molecule has 1 N–H and O–H groups in total. The highest BCUT2D eigenvalue weighted by molar-refractivity contribution is 7.07. The molecule has 2 aliphatic rings. The van der Waals surface area contributed by atoms with E-state index in [1.165, 1.54) is 18.4 Å². The molecule has 5 heteroatoms. The van der Waals surface area contributed by atoms with E-state index in [0.717, 1.165) is 25.9 Å². The summed E-state index contributed by atoms with van der Waals surface area (Å²) in [6, 6.07) is 2.64. The van der Waals surface area contributed by atoms with Crippen LogP contribution in [0.3, 0.4) is 0 Å². The maximum atomic E-state index is 12.7. The molecule has 0 bridgehead atoms. The fraction of sp³-hybridized carbons (Fsp3) is 0.688. The van der Waals surface area contributed by atoms with Crippen molar-refractivity contribution in [2.24, 2.45) is 0 Å². The highest BCUT2D eigenvalue weighted by Crippen LogP contribution is 2.30. The summed E-state index contributed by atoms with van der Waals surface area (Å²) in [5.74, 6) is 0.286. The van der Waals surface area contributed by atoms with Crippen LogP contribution in [0, 0.1) is 0 Å². The number of nitrogens with zero attached hydrogens (tertiary/aromatic N) is 2. The molecule has 2 aliphatic heterocycles. The molecule has 3 rings (SSSR count). The standard InChI is InChI=1S/C16H25N3OS/c1-3-5-14-16(20)19(10-13-6-4-8-18(13)2)15(17-14)12-7-9-21-11-12/h7,9,11,13-15,17H,3-6,8,10H2,1-2H3. The van der Waals surface area contributed by atoms with E-state index in [1.54, 1.807) is 11.3 Å². The van der Waals surface area contributed by atoms with Crippen LogP contribution < -0.4 is 5.32 Å². The molecule has 1 aromatic heterocycles. The Bertz CT molecular complexity index is 476. The topological polar surface area (TPSA) is 35.6 Å². The van der Waals surface area contributed by atoms with Crippen LogP contribution in [0.15, 0.2) is 16.8 Å². The lowest BCUT2D eigenvalue weighted by molar-refractivity contribution is -0.130. The average Bonchev–Trinajstić information content (AvgIpc) is 3.17. The number of carbonyl (C=O) groups excluding carboxylic acids is 1. The monoisotopic (exact) mass is 307 g/mol. The summed E-state index contributed by atoms with van der Waals surface area (Å²) >= 11 is 1.70. The fourth-order valence-corrected chi connectivity index (χ4v) is 4.19. The van der Waals surface area contributed by atoms with Crippen LogP contribution in [-0.4, -0.2) is 47.9 Å². The minimum atomic E-state index is -0.00777. The third-order valence-electron chi connectivity index (χ3n) is 4.77. The third-order valence-corrected chi connectivity index (χ3v) is 5.47. The Kier molecular flexibility index (Phi) is 4.62. The summed E-state index contributed by atoms with van der Waals surface area (Å²) in [7, 11) is 2.18. The van der Waals surface area contributed by atoms with Crippen molar-refractivity contribution >= 4 is 17.2 Å².